The van der Waals surface area contributed by atoms with Gasteiger partial charge in [-0.2, -0.15) is 0 Å². The van der Waals surface area contributed by atoms with Gasteiger partial charge < -0.3 is 5.11 Å². The van der Waals surface area contributed by atoms with Crippen molar-refractivity contribution in [2.45, 2.75) is 43.7 Å². The molecule has 0 saturated carbocycles. The van der Waals surface area contributed by atoms with E-state index in [1.807, 2.05) is 37.3 Å². The van der Waals surface area contributed by atoms with Crippen LogP contribution in [-0.4, -0.2) is 31.5 Å². The number of carbonyl (C=O) groups is 1. The molecule has 0 unspecified atom stereocenters. The maximum atomic E-state index is 13.3. The summed E-state index contributed by atoms with van der Waals surface area (Å²) in [5.41, 5.74) is 2.44. The van der Waals surface area contributed by atoms with Crippen molar-refractivity contribution in [1.29, 1.82) is 0 Å². The van der Waals surface area contributed by atoms with Gasteiger partial charge in [-0.3, -0.25) is 4.79 Å². The molecule has 0 saturated heterocycles. The summed E-state index contributed by atoms with van der Waals surface area (Å²) in [4.78, 5) is 13.4. The van der Waals surface area contributed by atoms with E-state index < -0.39 is 28.1 Å². The molecule has 32 heavy (non-hydrogen) atoms. The standard InChI is InChI=1S/C26H29NO4S/c1-19-13-16-23(17-14-19)32(30,31)27-20(2)25(26(29)22-11-7-4-8-12-22)24(28)18-15-21-9-5-3-6-10-21/h3-14,16-17,20,24-25,27-28H,15,18H2,1-2H3/t20-,24-,25-/m0/s1. The lowest BCUT2D eigenvalue weighted by Crippen LogP contribution is -2.46. The predicted octanol–water partition coefficient (Wildman–Crippen LogP) is 4.15. The molecule has 3 rings (SSSR count). The molecule has 0 radical (unpaired) electrons. The predicted molar refractivity (Wildman–Crippen MR) is 126 cm³/mol. The quantitative estimate of drug-likeness (QED) is 0.454. The average Bonchev–Trinajstić information content (AvgIpc) is 2.79. The fourth-order valence-corrected chi connectivity index (χ4v) is 5.04. The van der Waals surface area contributed by atoms with Crippen molar-refractivity contribution in [2.24, 2.45) is 5.92 Å². The first kappa shape index (κ1) is 23.9. The first-order chi connectivity index (χ1) is 15.3. The Hall–Kier alpha value is -2.80. The largest absolute Gasteiger partial charge is 0.392 e. The van der Waals surface area contributed by atoms with Crippen LogP contribution < -0.4 is 4.72 Å². The van der Waals surface area contributed by atoms with E-state index >= 15 is 0 Å². The summed E-state index contributed by atoms with van der Waals surface area (Å²) >= 11 is 0. The van der Waals surface area contributed by atoms with E-state index in [1.54, 1.807) is 49.4 Å². The summed E-state index contributed by atoms with van der Waals surface area (Å²) < 4.78 is 28.4. The zero-order chi connectivity index (χ0) is 23.1. The highest BCUT2D eigenvalue weighted by Gasteiger charge is 2.35. The molecule has 0 aromatic heterocycles. The summed E-state index contributed by atoms with van der Waals surface area (Å²) in [6.07, 6.45) is -0.0966. The van der Waals surface area contributed by atoms with Gasteiger partial charge >= 0.3 is 0 Å². The van der Waals surface area contributed by atoms with E-state index in [-0.39, 0.29) is 10.7 Å². The maximum Gasteiger partial charge on any atom is 0.240 e. The first-order valence-electron chi connectivity index (χ1n) is 10.7. The minimum absolute atomic E-state index is 0.125. The molecule has 0 aliphatic heterocycles. The Morgan fingerprint density at radius 2 is 1.47 bits per heavy atom. The highest BCUT2D eigenvalue weighted by Crippen LogP contribution is 2.22. The number of aliphatic hydroxyl groups excluding tert-OH is 1. The van der Waals surface area contributed by atoms with Crippen molar-refractivity contribution in [2.75, 3.05) is 0 Å². The molecule has 6 heteroatoms. The molecule has 0 heterocycles. The van der Waals surface area contributed by atoms with Gasteiger partial charge in [0.05, 0.1) is 16.9 Å². The average molecular weight is 452 g/mol. The summed E-state index contributed by atoms with van der Waals surface area (Å²) in [7, 11) is -3.85. The number of aryl methyl sites for hydroxylation is 2. The van der Waals surface area contributed by atoms with E-state index in [1.165, 1.54) is 12.1 Å². The second kappa shape index (κ2) is 10.7. The number of hydrogen-bond donors (Lipinski definition) is 2. The molecule has 5 nitrogen and oxygen atoms in total. The fraction of sp³-hybridized carbons (Fsp3) is 0.269. The molecular formula is C26H29NO4S. The lowest BCUT2D eigenvalue weighted by molar-refractivity contribution is 0.0590. The van der Waals surface area contributed by atoms with Gasteiger partial charge in [0.15, 0.2) is 5.78 Å². The van der Waals surface area contributed by atoms with Crippen LogP contribution in [0, 0.1) is 12.8 Å². The van der Waals surface area contributed by atoms with Gasteiger partial charge in [-0.05, 0) is 44.4 Å². The van der Waals surface area contributed by atoms with Crippen LogP contribution in [0.1, 0.15) is 34.8 Å². The Morgan fingerprint density at radius 1 is 0.906 bits per heavy atom. The normalized spacial score (nSPS) is 14.5. The molecule has 0 aliphatic carbocycles. The van der Waals surface area contributed by atoms with Gasteiger partial charge in [-0.15, -0.1) is 0 Å². The Labute approximate surface area is 190 Å². The molecule has 3 atom stereocenters. The zero-order valence-electron chi connectivity index (χ0n) is 18.3. The Bertz CT molecular complexity index is 1110. The van der Waals surface area contributed by atoms with E-state index in [9.17, 15) is 18.3 Å². The monoisotopic (exact) mass is 451 g/mol. The van der Waals surface area contributed by atoms with E-state index in [0.29, 0.717) is 18.4 Å². The number of carbonyl (C=O) groups excluding carboxylic acids is 1. The summed E-state index contributed by atoms with van der Waals surface area (Å²) in [6, 6.07) is 24.1. The zero-order valence-corrected chi connectivity index (χ0v) is 19.1. The van der Waals surface area contributed by atoms with Gasteiger partial charge in [0, 0.05) is 11.6 Å². The molecule has 0 amide bonds. The maximum absolute atomic E-state index is 13.3. The van der Waals surface area contributed by atoms with E-state index in [0.717, 1.165) is 11.1 Å². The van der Waals surface area contributed by atoms with Crippen LogP contribution in [0.15, 0.2) is 89.8 Å². The lowest BCUT2D eigenvalue weighted by Gasteiger charge is -2.28. The third-order valence-electron chi connectivity index (χ3n) is 5.56. The number of sulfonamides is 1. The van der Waals surface area contributed by atoms with Crippen molar-refractivity contribution >= 4 is 15.8 Å². The fourth-order valence-electron chi connectivity index (χ4n) is 3.77. The Balaban J connectivity index is 1.83. The van der Waals surface area contributed by atoms with Crippen molar-refractivity contribution < 1.29 is 18.3 Å². The first-order valence-corrected chi connectivity index (χ1v) is 12.2. The van der Waals surface area contributed by atoms with E-state index in [4.69, 9.17) is 0 Å². The van der Waals surface area contributed by atoms with Crippen molar-refractivity contribution in [3.63, 3.8) is 0 Å². The van der Waals surface area contributed by atoms with Gasteiger partial charge in [-0.1, -0.05) is 78.4 Å². The minimum atomic E-state index is -3.85. The lowest BCUT2D eigenvalue weighted by atomic mass is 9.85. The third kappa shape index (κ3) is 6.13. The van der Waals surface area contributed by atoms with Crippen LogP contribution in [0.3, 0.4) is 0 Å². The summed E-state index contributed by atoms with van der Waals surface area (Å²) in [6.45, 7) is 3.51. The number of ketones is 1. The van der Waals surface area contributed by atoms with Gasteiger partial charge in [0.2, 0.25) is 10.0 Å². The number of Topliss-reactive ketones (excluding diaryl/α,β-unsaturated/α-hetero) is 1. The number of hydrogen-bond acceptors (Lipinski definition) is 4. The molecule has 2 N–H and O–H groups in total. The van der Waals surface area contributed by atoms with Gasteiger partial charge in [0.25, 0.3) is 0 Å². The Morgan fingerprint density at radius 3 is 2.06 bits per heavy atom. The molecule has 168 valence electrons. The third-order valence-corrected chi connectivity index (χ3v) is 7.13. The van der Waals surface area contributed by atoms with Crippen molar-refractivity contribution in [3.05, 3.63) is 102 Å². The number of aliphatic hydroxyl groups is 1. The Kier molecular flexibility index (Phi) is 7.96. The molecule has 3 aromatic rings. The van der Waals surface area contributed by atoms with Crippen LogP contribution in [0.5, 0.6) is 0 Å². The van der Waals surface area contributed by atoms with Crippen LogP contribution >= 0.6 is 0 Å². The van der Waals surface area contributed by atoms with Crippen LogP contribution in [0.2, 0.25) is 0 Å². The molecule has 0 bridgehead atoms. The number of benzene rings is 3. The highest BCUT2D eigenvalue weighted by atomic mass is 32.2. The summed E-state index contributed by atoms with van der Waals surface area (Å²) in [5.74, 6) is -1.22. The van der Waals surface area contributed by atoms with Gasteiger partial charge in [-0.25, -0.2) is 13.1 Å². The highest BCUT2D eigenvalue weighted by molar-refractivity contribution is 7.89. The minimum Gasteiger partial charge on any atom is -0.392 e. The van der Waals surface area contributed by atoms with Crippen LogP contribution in [0.4, 0.5) is 0 Å². The van der Waals surface area contributed by atoms with Crippen molar-refractivity contribution in [3.8, 4) is 0 Å². The van der Waals surface area contributed by atoms with Crippen LogP contribution in [-0.2, 0) is 16.4 Å². The number of nitrogens with one attached hydrogen (secondary N) is 1. The molecule has 0 spiro atoms. The molecule has 0 fully saturated rings. The van der Waals surface area contributed by atoms with Crippen molar-refractivity contribution in [1.82, 2.24) is 4.72 Å². The van der Waals surface area contributed by atoms with E-state index in [2.05, 4.69) is 4.72 Å². The van der Waals surface area contributed by atoms with Gasteiger partial charge in [0.1, 0.15) is 0 Å². The SMILES string of the molecule is Cc1ccc(S(=O)(=O)N[C@@H](C)[C@H](C(=O)c2ccccc2)[C@@H](O)CCc2ccccc2)cc1. The summed E-state index contributed by atoms with van der Waals surface area (Å²) in [5, 5.41) is 11.0. The molecule has 3 aromatic carbocycles. The smallest absolute Gasteiger partial charge is 0.240 e. The second-order valence-corrected chi connectivity index (χ2v) is 9.78. The second-order valence-electron chi connectivity index (χ2n) is 8.07. The molecule has 0 aliphatic rings. The molecular weight excluding hydrogens is 422 g/mol. The number of rotatable bonds is 10. The topological polar surface area (TPSA) is 83.5 Å². The van der Waals surface area contributed by atoms with Crippen LogP contribution in [0.25, 0.3) is 0 Å².